The lowest BCUT2D eigenvalue weighted by Crippen LogP contribution is -1.99. The number of halogens is 2. The number of ether oxygens (including phenoxy) is 2. The molecule has 0 unspecified atom stereocenters. The van der Waals surface area contributed by atoms with E-state index in [-0.39, 0.29) is 0 Å². The summed E-state index contributed by atoms with van der Waals surface area (Å²) in [5, 5.41) is 10.7. The maximum absolute atomic E-state index is 9.57. The molecule has 0 bridgehead atoms. The number of nitrogens with zero attached hydrogens (tertiary/aromatic N) is 1. The number of benzene rings is 3. The molecule has 3 aromatic rings. The number of hydrogen-bond acceptors (Lipinski definition) is 3. The first-order valence-electron chi connectivity index (χ1n) is 8.94. The van der Waals surface area contributed by atoms with Crippen molar-refractivity contribution < 1.29 is 9.47 Å². The van der Waals surface area contributed by atoms with E-state index in [1.54, 1.807) is 25.3 Å². The van der Waals surface area contributed by atoms with Gasteiger partial charge in [0.1, 0.15) is 6.61 Å². The van der Waals surface area contributed by atoms with Crippen LogP contribution in [0.3, 0.4) is 0 Å². The summed E-state index contributed by atoms with van der Waals surface area (Å²) in [5.41, 5.74) is 4.23. The molecule has 0 N–H and O–H groups in total. The van der Waals surface area contributed by atoms with E-state index in [2.05, 4.69) is 6.07 Å². The topological polar surface area (TPSA) is 42.2 Å². The zero-order valence-electron chi connectivity index (χ0n) is 16.1. The molecule has 0 radical (unpaired) electrons. The van der Waals surface area contributed by atoms with Crippen LogP contribution in [0.15, 0.2) is 60.7 Å². The van der Waals surface area contributed by atoms with Gasteiger partial charge in [-0.1, -0.05) is 65.2 Å². The molecule has 146 valence electrons. The number of nitriles is 1. The predicted molar refractivity (Wildman–Crippen MR) is 118 cm³/mol. The van der Waals surface area contributed by atoms with Crippen molar-refractivity contribution in [3.8, 4) is 17.6 Å². The van der Waals surface area contributed by atoms with E-state index in [1.807, 2.05) is 55.5 Å². The number of methoxy groups -OCH3 is 1. The maximum Gasteiger partial charge on any atom is 0.180 e. The van der Waals surface area contributed by atoms with Gasteiger partial charge >= 0.3 is 0 Å². The second kappa shape index (κ2) is 9.52. The van der Waals surface area contributed by atoms with Gasteiger partial charge in [0, 0.05) is 5.02 Å². The van der Waals surface area contributed by atoms with Crippen molar-refractivity contribution >= 4 is 34.9 Å². The summed E-state index contributed by atoms with van der Waals surface area (Å²) in [6, 6.07) is 21.0. The molecule has 0 spiro atoms. The Morgan fingerprint density at radius 3 is 2.34 bits per heavy atom. The minimum atomic E-state index is 0.329. The van der Waals surface area contributed by atoms with Crippen LogP contribution in [0, 0.1) is 18.3 Å². The molecule has 0 fully saturated rings. The molecule has 3 nitrogen and oxygen atoms in total. The van der Waals surface area contributed by atoms with E-state index in [9.17, 15) is 5.26 Å². The average molecular weight is 424 g/mol. The lowest BCUT2D eigenvalue weighted by molar-refractivity contribution is 0.284. The second-order valence-corrected chi connectivity index (χ2v) is 7.33. The van der Waals surface area contributed by atoms with Crippen molar-refractivity contribution in [2.24, 2.45) is 0 Å². The molecule has 3 rings (SSSR count). The summed E-state index contributed by atoms with van der Waals surface area (Å²) in [4.78, 5) is 0. The van der Waals surface area contributed by atoms with Gasteiger partial charge in [0.15, 0.2) is 11.5 Å². The van der Waals surface area contributed by atoms with E-state index >= 15 is 0 Å². The molecule has 0 aliphatic heterocycles. The Morgan fingerprint density at radius 2 is 1.72 bits per heavy atom. The SMILES string of the molecule is COc1cc(/C=C(/C#N)c2ccc(C)cc2)cc(Cl)c1OCc1ccc(Cl)cc1. The fourth-order valence-corrected chi connectivity index (χ4v) is 3.18. The molecule has 0 saturated heterocycles. The Balaban J connectivity index is 1.88. The van der Waals surface area contributed by atoms with Gasteiger partial charge in [0.2, 0.25) is 0 Å². The summed E-state index contributed by atoms with van der Waals surface area (Å²) < 4.78 is 11.4. The van der Waals surface area contributed by atoms with Crippen LogP contribution in [0.4, 0.5) is 0 Å². The van der Waals surface area contributed by atoms with E-state index < -0.39 is 0 Å². The van der Waals surface area contributed by atoms with E-state index in [4.69, 9.17) is 32.7 Å². The third kappa shape index (κ3) is 5.32. The van der Waals surface area contributed by atoms with Crippen molar-refractivity contribution in [3.63, 3.8) is 0 Å². The summed E-state index contributed by atoms with van der Waals surface area (Å²) in [6.07, 6.45) is 1.78. The quantitative estimate of drug-likeness (QED) is 0.318. The van der Waals surface area contributed by atoms with Crippen LogP contribution < -0.4 is 9.47 Å². The zero-order valence-corrected chi connectivity index (χ0v) is 17.6. The highest BCUT2D eigenvalue weighted by atomic mass is 35.5. The third-order valence-corrected chi connectivity index (χ3v) is 4.87. The fourth-order valence-electron chi connectivity index (χ4n) is 2.78. The van der Waals surface area contributed by atoms with Crippen LogP contribution >= 0.6 is 23.2 Å². The highest BCUT2D eigenvalue weighted by molar-refractivity contribution is 6.32. The molecule has 0 amide bonds. The molecule has 0 aliphatic rings. The van der Waals surface area contributed by atoms with Crippen molar-refractivity contribution in [2.45, 2.75) is 13.5 Å². The Hall–Kier alpha value is -2.93. The standard InChI is InChI=1S/C24H19Cl2NO2/c1-16-3-7-19(8-4-16)20(14-27)11-18-12-22(26)24(23(13-18)28-2)29-15-17-5-9-21(25)10-6-17/h3-13H,15H2,1-2H3/b20-11-. The van der Waals surface area contributed by atoms with Crippen molar-refractivity contribution in [1.29, 1.82) is 5.26 Å². The average Bonchev–Trinajstić information content (AvgIpc) is 2.72. The largest absolute Gasteiger partial charge is 0.493 e. The lowest BCUT2D eigenvalue weighted by Gasteiger charge is -2.14. The maximum atomic E-state index is 9.57. The minimum Gasteiger partial charge on any atom is -0.493 e. The second-order valence-electron chi connectivity index (χ2n) is 6.49. The molecule has 3 aromatic carbocycles. The Bertz CT molecular complexity index is 1070. The first kappa shape index (κ1) is 20.8. The molecule has 0 aliphatic carbocycles. The van der Waals surface area contributed by atoms with Crippen LogP contribution in [-0.2, 0) is 6.61 Å². The highest BCUT2D eigenvalue weighted by Crippen LogP contribution is 2.38. The highest BCUT2D eigenvalue weighted by Gasteiger charge is 2.13. The van der Waals surface area contributed by atoms with Crippen LogP contribution in [0.1, 0.15) is 22.3 Å². The van der Waals surface area contributed by atoms with E-state index in [1.165, 1.54) is 0 Å². The van der Waals surface area contributed by atoms with Crippen LogP contribution in [0.5, 0.6) is 11.5 Å². The van der Waals surface area contributed by atoms with Crippen molar-refractivity contribution in [2.75, 3.05) is 7.11 Å². The molecule has 0 atom stereocenters. The molecular formula is C24H19Cl2NO2. The van der Waals surface area contributed by atoms with Gasteiger partial charge in [-0.2, -0.15) is 5.26 Å². The Kier molecular flexibility index (Phi) is 6.82. The number of rotatable bonds is 6. The predicted octanol–water partition coefficient (Wildman–Crippen LogP) is 6.95. The summed E-state index contributed by atoms with van der Waals surface area (Å²) in [7, 11) is 1.56. The van der Waals surface area contributed by atoms with Gasteiger partial charge in [0.25, 0.3) is 0 Å². The number of aryl methyl sites for hydroxylation is 1. The molecule has 5 heteroatoms. The van der Waals surface area contributed by atoms with Gasteiger partial charge in [-0.25, -0.2) is 0 Å². The molecule has 29 heavy (non-hydrogen) atoms. The van der Waals surface area contributed by atoms with Gasteiger partial charge in [0.05, 0.1) is 23.8 Å². The number of allylic oxidation sites excluding steroid dienone is 1. The first-order valence-corrected chi connectivity index (χ1v) is 9.69. The van der Waals surface area contributed by atoms with Crippen molar-refractivity contribution in [3.05, 3.63) is 93.0 Å². The van der Waals surface area contributed by atoms with Crippen molar-refractivity contribution in [1.82, 2.24) is 0 Å². The Morgan fingerprint density at radius 1 is 1.03 bits per heavy atom. The van der Waals surface area contributed by atoms with Crippen LogP contribution in [-0.4, -0.2) is 7.11 Å². The lowest BCUT2D eigenvalue weighted by atomic mass is 10.0. The Labute approximate surface area is 180 Å². The molecular weight excluding hydrogens is 405 g/mol. The fraction of sp³-hybridized carbons (Fsp3) is 0.125. The van der Waals surface area contributed by atoms with Gasteiger partial charge in [-0.3, -0.25) is 0 Å². The van der Waals surface area contributed by atoms with Gasteiger partial charge < -0.3 is 9.47 Å². The molecule has 0 saturated carbocycles. The minimum absolute atomic E-state index is 0.329. The van der Waals surface area contributed by atoms with E-state index in [0.717, 1.165) is 22.3 Å². The molecule has 0 heterocycles. The van der Waals surface area contributed by atoms with Crippen LogP contribution in [0.2, 0.25) is 10.0 Å². The van der Waals surface area contributed by atoms with Gasteiger partial charge in [-0.05, 0) is 54.0 Å². The summed E-state index contributed by atoms with van der Waals surface area (Å²) in [6.45, 7) is 2.34. The number of hydrogen-bond donors (Lipinski definition) is 0. The first-order chi connectivity index (χ1) is 14.0. The zero-order chi connectivity index (χ0) is 20.8. The third-order valence-electron chi connectivity index (χ3n) is 4.34. The normalized spacial score (nSPS) is 11.1. The summed E-state index contributed by atoms with van der Waals surface area (Å²) >= 11 is 12.4. The summed E-state index contributed by atoms with van der Waals surface area (Å²) in [5.74, 6) is 0.953. The molecule has 0 aromatic heterocycles. The van der Waals surface area contributed by atoms with E-state index in [0.29, 0.717) is 33.7 Å². The van der Waals surface area contributed by atoms with Gasteiger partial charge in [-0.15, -0.1) is 0 Å². The monoisotopic (exact) mass is 423 g/mol. The smallest absolute Gasteiger partial charge is 0.180 e. The van der Waals surface area contributed by atoms with Crippen LogP contribution in [0.25, 0.3) is 11.6 Å².